The largest absolute Gasteiger partial charge is 0.316 e. The quantitative estimate of drug-likeness (QED) is 0.826. The van der Waals surface area contributed by atoms with Crippen LogP contribution in [0.2, 0.25) is 0 Å². The SMILES string of the molecule is CNC(C)C1CCCCN1CC1CCCN(S(C)(=O)=O)C1. The minimum atomic E-state index is -3.03. The number of nitrogens with one attached hydrogen (secondary N) is 1. The van der Waals surface area contributed by atoms with E-state index in [9.17, 15) is 8.42 Å². The highest BCUT2D eigenvalue weighted by molar-refractivity contribution is 7.88. The second kappa shape index (κ2) is 7.40. The van der Waals surface area contributed by atoms with Gasteiger partial charge in [0.1, 0.15) is 0 Å². The van der Waals surface area contributed by atoms with Crippen LogP contribution >= 0.6 is 0 Å². The van der Waals surface area contributed by atoms with Crippen molar-refractivity contribution >= 4 is 10.0 Å². The number of rotatable bonds is 5. The maximum atomic E-state index is 11.7. The van der Waals surface area contributed by atoms with Crippen LogP contribution in [0.15, 0.2) is 0 Å². The molecule has 0 aliphatic carbocycles. The first-order chi connectivity index (χ1) is 9.91. The molecule has 124 valence electrons. The lowest BCUT2D eigenvalue weighted by atomic mass is 9.92. The molecular formula is C15H31N3O2S. The van der Waals surface area contributed by atoms with Crippen LogP contribution in [-0.2, 0) is 10.0 Å². The van der Waals surface area contributed by atoms with Gasteiger partial charge >= 0.3 is 0 Å². The van der Waals surface area contributed by atoms with Gasteiger partial charge in [0, 0.05) is 31.7 Å². The molecule has 2 saturated heterocycles. The van der Waals surface area contributed by atoms with Gasteiger partial charge in [0.25, 0.3) is 0 Å². The standard InChI is InChI=1S/C15H31N3O2S/c1-13(16-2)15-8-4-5-9-17(15)11-14-7-6-10-18(12-14)21(3,19)20/h13-16H,4-12H2,1-3H3. The summed E-state index contributed by atoms with van der Waals surface area (Å²) in [4.78, 5) is 2.60. The summed E-state index contributed by atoms with van der Waals surface area (Å²) in [7, 11) is -1.00. The van der Waals surface area contributed by atoms with Crippen molar-refractivity contribution in [2.24, 2.45) is 5.92 Å². The van der Waals surface area contributed by atoms with Gasteiger partial charge in [0.05, 0.1) is 6.26 Å². The van der Waals surface area contributed by atoms with E-state index in [-0.39, 0.29) is 0 Å². The molecule has 0 bridgehead atoms. The van der Waals surface area contributed by atoms with E-state index in [0.29, 0.717) is 31.1 Å². The summed E-state index contributed by atoms with van der Waals surface area (Å²) in [6.07, 6.45) is 7.33. The zero-order chi connectivity index (χ0) is 15.5. The predicted octanol–water partition coefficient (Wildman–Crippen LogP) is 1.12. The molecule has 2 aliphatic heterocycles. The zero-order valence-corrected chi connectivity index (χ0v) is 14.5. The average Bonchev–Trinajstić information content (AvgIpc) is 2.46. The first-order valence-electron chi connectivity index (χ1n) is 8.28. The van der Waals surface area contributed by atoms with Gasteiger partial charge in [-0.1, -0.05) is 6.42 Å². The maximum Gasteiger partial charge on any atom is 0.211 e. The van der Waals surface area contributed by atoms with Crippen LogP contribution in [-0.4, -0.2) is 69.2 Å². The molecular weight excluding hydrogens is 286 g/mol. The predicted molar refractivity (Wildman–Crippen MR) is 86.9 cm³/mol. The molecule has 1 N–H and O–H groups in total. The molecule has 2 fully saturated rings. The number of hydrogen-bond donors (Lipinski definition) is 1. The number of nitrogens with zero attached hydrogens (tertiary/aromatic N) is 2. The number of piperidine rings is 2. The molecule has 0 aromatic heterocycles. The van der Waals surface area contributed by atoms with E-state index >= 15 is 0 Å². The summed E-state index contributed by atoms with van der Waals surface area (Å²) in [5.41, 5.74) is 0. The molecule has 5 nitrogen and oxygen atoms in total. The number of likely N-dealkylation sites (N-methyl/N-ethyl adjacent to an activating group) is 1. The van der Waals surface area contributed by atoms with Gasteiger partial charge < -0.3 is 5.32 Å². The Morgan fingerprint density at radius 1 is 1.19 bits per heavy atom. The molecule has 6 heteroatoms. The number of sulfonamides is 1. The third-order valence-corrected chi connectivity index (χ3v) is 6.41. The van der Waals surface area contributed by atoms with Gasteiger partial charge in [-0.3, -0.25) is 4.90 Å². The maximum absolute atomic E-state index is 11.7. The van der Waals surface area contributed by atoms with E-state index in [1.54, 1.807) is 4.31 Å². The van der Waals surface area contributed by atoms with Crippen molar-refractivity contribution in [2.45, 2.75) is 51.1 Å². The summed E-state index contributed by atoms with van der Waals surface area (Å²) < 4.78 is 25.2. The minimum Gasteiger partial charge on any atom is -0.316 e. The number of hydrogen-bond acceptors (Lipinski definition) is 4. The highest BCUT2D eigenvalue weighted by Gasteiger charge is 2.31. The van der Waals surface area contributed by atoms with Crippen LogP contribution in [0.3, 0.4) is 0 Å². The molecule has 2 rings (SSSR count). The van der Waals surface area contributed by atoms with Gasteiger partial charge in [-0.05, 0) is 52.1 Å². The molecule has 0 amide bonds. The Bertz CT molecular complexity index is 427. The fourth-order valence-electron chi connectivity index (χ4n) is 3.81. The lowest BCUT2D eigenvalue weighted by Crippen LogP contribution is -2.53. The average molecular weight is 317 g/mol. The van der Waals surface area contributed by atoms with E-state index in [0.717, 1.165) is 25.9 Å². The summed E-state index contributed by atoms with van der Waals surface area (Å²) in [6.45, 7) is 5.86. The third kappa shape index (κ3) is 4.65. The van der Waals surface area contributed by atoms with Gasteiger partial charge in [-0.15, -0.1) is 0 Å². The van der Waals surface area contributed by atoms with Crippen molar-refractivity contribution in [3.63, 3.8) is 0 Å². The van der Waals surface area contributed by atoms with Gasteiger partial charge in [-0.2, -0.15) is 0 Å². The molecule has 3 atom stereocenters. The van der Waals surface area contributed by atoms with Crippen molar-refractivity contribution < 1.29 is 8.42 Å². The second-order valence-corrected chi connectivity index (χ2v) is 8.75. The van der Waals surface area contributed by atoms with Crippen LogP contribution in [0.1, 0.15) is 39.0 Å². The Labute approximate surface area is 130 Å². The number of likely N-dealkylation sites (tertiary alicyclic amines) is 1. The van der Waals surface area contributed by atoms with E-state index in [1.807, 2.05) is 7.05 Å². The smallest absolute Gasteiger partial charge is 0.211 e. The Kier molecular flexibility index (Phi) is 6.05. The van der Waals surface area contributed by atoms with Crippen molar-refractivity contribution in [3.05, 3.63) is 0 Å². The molecule has 0 saturated carbocycles. The Morgan fingerprint density at radius 2 is 1.95 bits per heavy atom. The normalized spacial score (nSPS) is 31.2. The van der Waals surface area contributed by atoms with Crippen molar-refractivity contribution in [1.82, 2.24) is 14.5 Å². The molecule has 0 aromatic carbocycles. The fourth-order valence-corrected chi connectivity index (χ4v) is 4.75. The van der Waals surface area contributed by atoms with Crippen LogP contribution < -0.4 is 5.32 Å². The first-order valence-corrected chi connectivity index (χ1v) is 10.1. The summed E-state index contributed by atoms with van der Waals surface area (Å²) in [5.74, 6) is 0.484. The van der Waals surface area contributed by atoms with E-state index < -0.39 is 10.0 Å². The molecule has 3 unspecified atom stereocenters. The van der Waals surface area contributed by atoms with E-state index in [2.05, 4.69) is 17.1 Å². The Hall–Kier alpha value is -0.170. The lowest BCUT2D eigenvalue weighted by molar-refractivity contribution is 0.0876. The molecule has 0 aromatic rings. The van der Waals surface area contributed by atoms with Crippen molar-refractivity contribution in [2.75, 3.05) is 39.5 Å². The van der Waals surface area contributed by atoms with Crippen LogP contribution in [0, 0.1) is 5.92 Å². The molecule has 0 radical (unpaired) electrons. The Morgan fingerprint density at radius 3 is 2.62 bits per heavy atom. The fraction of sp³-hybridized carbons (Fsp3) is 1.00. The monoisotopic (exact) mass is 317 g/mol. The van der Waals surface area contributed by atoms with Gasteiger partial charge in [-0.25, -0.2) is 12.7 Å². The van der Waals surface area contributed by atoms with Crippen LogP contribution in [0.25, 0.3) is 0 Å². The van der Waals surface area contributed by atoms with Crippen LogP contribution in [0.5, 0.6) is 0 Å². The summed E-state index contributed by atoms with van der Waals surface area (Å²) >= 11 is 0. The topological polar surface area (TPSA) is 52.6 Å². The van der Waals surface area contributed by atoms with Gasteiger partial charge in [0.2, 0.25) is 10.0 Å². The van der Waals surface area contributed by atoms with E-state index in [4.69, 9.17) is 0 Å². The molecule has 21 heavy (non-hydrogen) atoms. The summed E-state index contributed by atoms with van der Waals surface area (Å²) in [5, 5.41) is 3.39. The highest BCUT2D eigenvalue weighted by atomic mass is 32.2. The second-order valence-electron chi connectivity index (χ2n) is 6.76. The van der Waals surface area contributed by atoms with Crippen molar-refractivity contribution in [1.29, 1.82) is 0 Å². The first kappa shape index (κ1) is 17.2. The third-order valence-electron chi connectivity index (χ3n) is 5.14. The van der Waals surface area contributed by atoms with E-state index in [1.165, 1.54) is 25.5 Å². The zero-order valence-electron chi connectivity index (χ0n) is 13.7. The molecule has 0 spiro atoms. The highest BCUT2D eigenvalue weighted by Crippen LogP contribution is 2.25. The van der Waals surface area contributed by atoms with Gasteiger partial charge in [0.15, 0.2) is 0 Å². The molecule has 2 heterocycles. The van der Waals surface area contributed by atoms with Crippen molar-refractivity contribution in [3.8, 4) is 0 Å². The summed E-state index contributed by atoms with van der Waals surface area (Å²) in [6, 6.07) is 1.09. The van der Waals surface area contributed by atoms with Crippen LogP contribution in [0.4, 0.5) is 0 Å². The lowest BCUT2D eigenvalue weighted by Gasteiger charge is -2.42. The Balaban J connectivity index is 1.95. The minimum absolute atomic E-state index is 0.484. The molecule has 2 aliphatic rings.